The van der Waals surface area contributed by atoms with Gasteiger partial charge in [-0.15, -0.1) is 0 Å². The lowest BCUT2D eigenvalue weighted by Gasteiger charge is -2.26. The predicted octanol–water partition coefficient (Wildman–Crippen LogP) is -2.41. The molecule has 2 unspecified atom stereocenters. The number of anilines is 3. The van der Waals surface area contributed by atoms with Crippen LogP contribution in [0.3, 0.4) is 0 Å². The Morgan fingerprint density at radius 3 is 2.61 bits per heavy atom. The fourth-order valence-corrected chi connectivity index (χ4v) is 4.56. The van der Waals surface area contributed by atoms with E-state index in [1.807, 2.05) is 0 Å². The molecule has 2 fully saturated rings. The Balaban J connectivity index is 1.47. The average Bonchev–Trinajstić information content (AvgIpc) is 3.19. The Hall–Kier alpha value is -1.42. The average molecular weight is 443 g/mol. The van der Waals surface area contributed by atoms with Gasteiger partial charge in [0.15, 0.2) is 23.6 Å². The van der Waals surface area contributed by atoms with Crippen LogP contribution in [0.15, 0.2) is 6.33 Å². The van der Waals surface area contributed by atoms with E-state index in [0.29, 0.717) is 5.69 Å². The molecule has 3 aliphatic heterocycles. The molecule has 3 aliphatic rings. The molecular formula is C10H15N5O11P2. The van der Waals surface area contributed by atoms with Crippen LogP contribution in [0.5, 0.6) is 0 Å². The second-order valence-electron chi connectivity index (χ2n) is 5.98. The first-order chi connectivity index (χ1) is 13.0. The zero-order chi connectivity index (χ0) is 20.4. The normalized spacial score (nSPS) is 33.5. The summed E-state index contributed by atoms with van der Waals surface area (Å²) in [4.78, 5) is 41.0. The maximum atomic E-state index is 11.5. The number of fused-ring (bicyclic) bond motifs is 3. The van der Waals surface area contributed by atoms with Crippen LogP contribution in [0.1, 0.15) is 0 Å². The van der Waals surface area contributed by atoms with Crippen LogP contribution in [0.25, 0.3) is 0 Å². The molecule has 0 amide bonds. The topological polar surface area (TPSA) is 234 Å². The fraction of sp³-hybridized carbons (Fsp3) is 0.600. The molecule has 0 radical (unpaired) electrons. The highest BCUT2D eigenvalue weighted by atomic mass is 31.3. The third-order valence-corrected chi connectivity index (χ3v) is 6.27. The number of hydrogen-bond donors (Lipinski definition) is 6. The van der Waals surface area contributed by atoms with Crippen molar-refractivity contribution in [3.63, 3.8) is 0 Å². The van der Waals surface area contributed by atoms with Crippen molar-refractivity contribution in [2.45, 2.75) is 30.9 Å². The van der Waals surface area contributed by atoms with Gasteiger partial charge in [-0.05, 0) is 0 Å². The van der Waals surface area contributed by atoms with Crippen LogP contribution in [0.4, 0.5) is 17.3 Å². The number of hydrogen-bond acceptors (Lipinski definition) is 13. The van der Waals surface area contributed by atoms with Gasteiger partial charge < -0.3 is 35.4 Å². The minimum Gasteiger partial charge on any atom is -0.387 e. The van der Waals surface area contributed by atoms with Gasteiger partial charge in [-0.25, -0.2) is 23.9 Å². The van der Waals surface area contributed by atoms with E-state index in [1.54, 1.807) is 0 Å². The number of ether oxygens (including phenoxy) is 1. The number of aliphatic hydroxyl groups is 2. The highest BCUT2D eigenvalue weighted by Crippen LogP contribution is 2.58. The third kappa shape index (κ3) is 3.49. The Labute approximate surface area is 155 Å². The maximum Gasteiger partial charge on any atom is 0.481 e. The summed E-state index contributed by atoms with van der Waals surface area (Å²) >= 11 is 0. The molecule has 156 valence electrons. The monoisotopic (exact) mass is 443 g/mol. The highest BCUT2D eigenvalue weighted by molar-refractivity contribution is 7.60. The van der Waals surface area contributed by atoms with Crippen molar-refractivity contribution in [1.82, 2.24) is 9.97 Å². The summed E-state index contributed by atoms with van der Waals surface area (Å²) < 4.78 is 35.8. The first-order valence-electron chi connectivity index (χ1n) is 7.59. The number of nitrogens with two attached hydrogens (primary N) is 1. The van der Waals surface area contributed by atoms with Crippen molar-refractivity contribution in [3.8, 4) is 0 Å². The van der Waals surface area contributed by atoms with Crippen molar-refractivity contribution >= 4 is 33.0 Å². The Morgan fingerprint density at radius 1 is 1.21 bits per heavy atom. The Bertz CT molecular complexity index is 883. The zero-order valence-corrected chi connectivity index (χ0v) is 15.4. The van der Waals surface area contributed by atoms with E-state index < -0.39 is 53.1 Å². The van der Waals surface area contributed by atoms with Crippen LogP contribution in [0, 0.1) is 0 Å². The maximum absolute atomic E-state index is 11.5. The van der Waals surface area contributed by atoms with Gasteiger partial charge in [-0.2, -0.15) is 9.37 Å². The molecular weight excluding hydrogens is 428 g/mol. The van der Waals surface area contributed by atoms with Crippen molar-refractivity contribution < 1.29 is 52.4 Å². The first kappa shape index (κ1) is 19.9. The van der Waals surface area contributed by atoms with Gasteiger partial charge in [-0.1, -0.05) is 0 Å². The number of aliphatic hydroxyl groups excluding tert-OH is 2. The van der Waals surface area contributed by atoms with Gasteiger partial charge in [0.25, 0.3) is 6.35 Å². The summed E-state index contributed by atoms with van der Waals surface area (Å²) in [5, 5.41) is 21.9. The largest absolute Gasteiger partial charge is 0.481 e. The molecule has 1 aromatic heterocycles. The van der Waals surface area contributed by atoms with Gasteiger partial charge in [0.2, 0.25) is 0 Å². The lowest BCUT2D eigenvalue weighted by molar-refractivity contribution is -0.0243. The Morgan fingerprint density at radius 2 is 1.93 bits per heavy atom. The molecule has 1 aromatic rings. The van der Waals surface area contributed by atoms with E-state index in [1.165, 1.54) is 16.3 Å². The minimum atomic E-state index is -5.30. The fourth-order valence-electron chi connectivity index (χ4n) is 2.96. The lowest BCUT2D eigenvalue weighted by atomic mass is 10.1. The molecule has 6 atom stereocenters. The van der Waals surface area contributed by atoms with Crippen LogP contribution < -0.4 is 15.7 Å². The van der Waals surface area contributed by atoms with E-state index in [9.17, 15) is 24.2 Å². The quantitative estimate of drug-likeness (QED) is 0.198. The molecule has 4 heterocycles. The number of phosphoric ester groups is 1. The summed E-state index contributed by atoms with van der Waals surface area (Å²) in [6.45, 7) is -0.815. The van der Waals surface area contributed by atoms with Gasteiger partial charge in [0, 0.05) is 0 Å². The van der Waals surface area contributed by atoms with Crippen molar-refractivity contribution in [1.29, 1.82) is 0 Å². The van der Waals surface area contributed by atoms with E-state index >= 15 is 0 Å². The summed E-state index contributed by atoms with van der Waals surface area (Å²) in [5.41, 5.74) is 6.13. The molecule has 16 nitrogen and oxygen atoms in total. The lowest BCUT2D eigenvalue weighted by Crippen LogP contribution is -2.45. The predicted molar refractivity (Wildman–Crippen MR) is 85.9 cm³/mol. The van der Waals surface area contributed by atoms with Gasteiger partial charge in [-0.3, -0.25) is 9.42 Å². The van der Waals surface area contributed by atoms with E-state index in [4.69, 9.17) is 25.1 Å². The zero-order valence-electron chi connectivity index (χ0n) is 13.6. The number of nitrogen functional groups attached to an aromatic ring is 1. The molecule has 7 N–H and O–H groups in total. The van der Waals surface area contributed by atoms with Crippen LogP contribution in [0.2, 0.25) is 0 Å². The third-order valence-electron chi connectivity index (χ3n) is 4.12. The molecule has 18 heteroatoms. The molecule has 4 rings (SSSR count). The summed E-state index contributed by atoms with van der Waals surface area (Å²) in [6, 6.07) is 0. The van der Waals surface area contributed by atoms with Crippen LogP contribution in [-0.2, 0) is 27.5 Å². The summed E-state index contributed by atoms with van der Waals surface area (Å²) in [6.07, 6.45) is -5.14. The van der Waals surface area contributed by atoms with Crippen molar-refractivity contribution in [2.75, 3.05) is 22.3 Å². The number of aromatic nitrogens is 2. The summed E-state index contributed by atoms with van der Waals surface area (Å²) in [7, 11) is -10.4. The van der Waals surface area contributed by atoms with E-state index in [0.717, 1.165) is 0 Å². The SMILES string of the molecule is Nc1ncnc2c1N1OC1N2[C@@H]1O[C@H](COP(=O)(O)OP(=O)(O)O)[C@@H](O)[C@H]1O. The minimum absolute atomic E-state index is 0.124. The van der Waals surface area contributed by atoms with Crippen LogP contribution in [-0.4, -0.2) is 72.4 Å². The van der Waals surface area contributed by atoms with E-state index in [2.05, 4.69) is 18.8 Å². The second kappa shape index (κ2) is 6.55. The molecule has 0 spiro atoms. The number of rotatable bonds is 6. The molecule has 0 aliphatic carbocycles. The molecule has 2 saturated heterocycles. The number of nitrogens with zero attached hydrogens (tertiary/aromatic N) is 4. The van der Waals surface area contributed by atoms with E-state index in [-0.39, 0.29) is 11.6 Å². The Kier molecular flexibility index (Phi) is 4.65. The standard InChI is InChI=1S/C10H15N5O11P2/c11-7-4-8(13-2-12-7)14(10-15(4)25-10)9-6(17)5(16)3(24-9)1-23-28(21,22)26-27(18,19)20/h2-3,5-6,9-10,16-17H,1H2,(H,21,22)(H2,11,12,13)(H2,18,19,20)/t3-,5-,6-,9-,10?,15?/m1/s1. The van der Waals surface area contributed by atoms with Crippen LogP contribution >= 0.6 is 15.6 Å². The van der Waals surface area contributed by atoms with Gasteiger partial charge >= 0.3 is 15.6 Å². The molecule has 0 bridgehead atoms. The van der Waals surface area contributed by atoms with Gasteiger partial charge in [0.1, 0.15) is 24.6 Å². The highest BCUT2D eigenvalue weighted by Gasteiger charge is 2.60. The summed E-state index contributed by atoms with van der Waals surface area (Å²) in [5.74, 6) is 0.401. The molecule has 0 saturated carbocycles. The first-order valence-corrected chi connectivity index (χ1v) is 10.6. The smallest absolute Gasteiger partial charge is 0.387 e. The van der Waals surface area contributed by atoms with Gasteiger partial charge in [0.05, 0.1) is 6.61 Å². The number of hydroxylamine groups is 1. The number of phosphoric acid groups is 2. The van der Waals surface area contributed by atoms with Crippen molar-refractivity contribution in [3.05, 3.63) is 6.33 Å². The van der Waals surface area contributed by atoms with Crippen molar-refractivity contribution in [2.24, 2.45) is 0 Å². The molecule has 28 heavy (non-hydrogen) atoms. The molecule has 0 aromatic carbocycles. The second-order valence-corrected chi connectivity index (χ2v) is 8.81.